The first kappa shape index (κ1) is 12.3. The van der Waals surface area contributed by atoms with Gasteiger partial charge in [0.2, 0.25) is 0 Å². The minimum absolute atomic E-state index is 0.345. The number of nitrogens with one attached hydrogen (secondary N) is 1. The van der Waals surface area contributed by atoms with Crippen LogP contribution in [-0.2, 0) is 4.74 Å². The van der Waals surface area contributed by atoms with Gasteiger partial charge in [0.25, 0.3) is 0 Å². The molecule has 1 fully saturated rings. The van der Waals surface area contributed by atoms with Crippen LogP contribution >= 0.6 is 12.2 Å². The summed E-state index contributed by atoms with van der Waals surface area (Å²) < 4.78 is 5.52. The first-order valence-corrected chi connectivity index (χ1v) is 6.34. The molecule has 2 atom stereocenters. The molecule has 3 N–H and O–H groups in total. The third-order valence-corrected chi connectivity index (χ3v) is 3.26. The summed E-state index contributed by atoms with van der Waals surface area (Å²) in [7, 11) is 0. The predicted molar refractivity (Wildman–Crippen MR) is 74.4 cm³/mol. The van der Waals surface area contributed by atoms with E-state index in [-0.39, 0.29) is 0 Å². The van der Waals surface area contributed by atoms with E-state index in [2.05, 4.69) is 12.2 Å². The minimum Gasteiger partial charge on any atom is -0.389 e. The summed E-state index contributed by atoms with van der Waals surface area (Å²) in [6, 6.07) is 8.44. The SMILES string of the molecule is CC1CC(Nc2ccc(C(N)=S)cc2)CCO1. The molecule has 17 heavy (non-hydrogen) atoms. The second kappa shape index (κ2) is 5.47. The Kier molecular flexibility index (Phi) is 3.97. The van der Waals surface area contributed by atoms with Crippen molar-refractivity contribution < 1.29 is 4.74 Å². The monoisotopic (exact) mass is 250 g/mol. The number of rotatable bonds is 3. The molecule has 0 bridgehead atoms. The molecule has 1 aromatic rings. The van der Waals surface area contributed by atoms with Gasteiger partial charge in [0.05, 0.1) is 6.10 Å². The smallest absolute Gasteiger partial charge is 0.103 e. The highest BCUT2D eigenvalue weighted by atomic mass is 32.1. The van der Waals surface area contributed by atoms with E-state index < -0.39 is 0 Å². The van der Waals surface area contributed by atoms with Gasteiger partial charge in [-0.2, -0.15) is 0 Å². The maximum atomic E-state index is 5.56. The summed E-state index contributed by atoms with van der Waals surface area (Å²) in [5.74, 6) is 0. The average molecular weight is 250 g/mol. The molecule has 0 spiro atoms. The summed E-state index contributed by atoms with van der Waals surface area (Å²) in [5, 5.41) is 3.51. The molecule has 1 saturated heterocycles. The van der Waals surface area contributed by atoms with Crippen molar-refractivity contribution in [2.75, 3.05) is 11.9 Å². The molecule has 1 aliphatic rings. The van der Waals surface area contributed by atoms with Gasteiger partial charge in [0.15, 0.2) is 0 Å². The Morgan fingerprint density at radius 2 is 2.12 bits per heavy atom. The Morgan fingerprint density at radius 3 is 2.71 bits per heavy atom. The Balaban J connectivity index is 1.96. The highest BCUT2D eigenvalue weighted by Gasteiger charge is 2.18. The van der Waals surface area contributed by atoms with E-state index in [0.717, 1.165) is 30.7 Å². The Hall–Kier alpha value is -1.13. The van der Waals surface area contributed by atoms with Gasteiger partial charge < -0.3 is 15.8 Å². The predicted octanol–water partition coefficient (Wildman–Crippen LogP) is 2.30. The number of benzene rings is 1. The Labute approximate surface area is 107 Å². The lowest BCUT2D eigenvalue weighted by atomic mass is 10.0. The van der Waals surface area contributed by atoms with Gasteiger partial charge in [0, 0.05) is 23.9 Å². The molecular formula is C13H18N2OS. The van der Waals surface area contributed by atoms with Crippen LogP contribution in [0.3, 0.4) is 0 Å². The van der Waals surface area contributed by atoms with Crippen molar-refractivity contribution in [1.29, 1.82) is 0 Å². The normalized spacial score (nSPS) is 24.3. The first-order valence-electron chi connectivity index (χ1n) is 5.93. The molecule has 0 aliphatic carbocycles. The summed E-state index contributed by atoms with van der Waals surface area (Å²) in [6.45, 7) is 2.95. The number of thiocarbonyl (C=S) groups is 1. The van der Waals surface area contributed by atoms with Crippen LogP contribution in [-0.4, -0.2) is 23.7 Å². The molecule has 1 aliphatic heterocycles. The maximum absolute atomic E-state index is 5.56. The lowest BCUT2D eigenvalue weighted by Crippen LogP contribution is -2.32. The van der Waals surface area contributed by atoms with Crippen LogP contribution in [0.4, 0.5) is 5.69 Å². The van der Waals surface area contributed by atoms with Gasteiger partial charge in [-0.1, -0.05) is 12.2 Å². The van der Waals surface area contributed by atoms with E-state index in [1.807, 2.05) is 24.3 Å². The van der Waals surface area contributed by atoms with Gasteiger partial charge in [-0.3, -0.25) is 0 Å². The molecule has 3 nitrogen and oxygen atoms in total. The van der Waals surface area contributed by atoms with Gasteiger partial charge in [-0.25, -0.2) is 0 Å². The van der Waals surface area contributed by atoms with Crippen LogP contribution in [0.5, 0.6) is 0 Å². The third-order valence-electron chi connectivity index (χ3n) is 3.03. The fourth-order valence-corrected chi connectivity index (χ4v) is 2.23. The third kappa shape index (κ3) is 3.41. The molecule has 0 saturated carbocycles. The Bertz CT molecular complexity index is 391. The summed E-state index contributed by atoms with van der Waals surface area (Å²) in [6.07, 6.45) is 2.45. The zero-order valence-corrected chi connectivity index (χ0v) is 10.8. The van der Waals surface area contributed by atoms with Crippen molar-refractivity contribution in [2.24, 2.45) is 5.73 Å². The lowest BCUT2D eigenvalue weighted by molar-refractivity contribution is 0.0232. The van der Waals surface area contributed by atoms with Crippen molar-refractivity contribution in [3.8, 4) is 0 Å². The van der Waals surface area contributed by atoms with Crippen LogP contribution in [0.25, 0.3) is 0 Å². The van der Waals surface area contributed by atoms with Crippen LogP contribution in [0.15, 0.2) is 24.3 Å². The van der Waals surface area contributed by atoms with Crippen molar-refractivity contribution in [3.05, 3.63) is 29.8 Å². The minimum atomic E-state index is 0.345. The quantitative estimate of drug-likeness (QED) is 0.808. The van der Waals surface area contributed by atoms with Crippen LogP contribution in [0, 0.1) is 0 Å². The number of ether oxygens (including phenoxy) is 1. The van der Waals surface area contributed by atoms with E-state index in [1.54, 1.807) is 0 Å². The van der Waals surface area contributed by atoms with Crippen molar-refractivity contribution in [1.82, 2.24) is 0 Å². The van der Waals surface area contributed by atoms with Gasteiger partial charge in [-0.05, 0) is 44.0 Å². The van der Waals surface area contributed by atoms with Gasteiger partial charge in [0.1, 0.15) is 4.99 Å². The highest BCUT2D eigenvalue weighted by molar-refractivity contribution is 7.80. The topological polar surface area (TPSA) is 47.3 Å². The van der Waals surface area contributed by atoms with Gasteiger partial charge >= 0.3 is 0 Å². The zero-order chi connectivity index (χ0) is 12.3. The molecular weight excluding hydrogens is 232 g/mol. The Morgan fingerprint density at radius 1 is 1.41 bits per heavy atom. The van der Waals surface area contributed by atoms with E-state index in [1.165, 1.54) is 0 Å². The summed E-state index contributed by atoms with van der Waals surface area (Å²) in [5.41, 5.74) is 7.58. The van der Waals surface area contributed by atoms with E-state index in [0.29, 0.717) is 17.1 Å². The van der Waals surface area contributed by atoms with E-state index >= 15 is 0 Å². The molecule has 0 radical (unpaired) electrons. The largest absolute Gasteiger partial charge is 0.389 e. The highest BCUT2D eigenvalue weighted by Crippen LogP contribution is 2.19. The number of hydrogen-bond donors (Lipinski definition) is 2. The van der Waals surface area contributed by atoms with Crippen molar-refractivity contribution in [3.63, 3.8) is 0 Å². The van der Waals surface area contributed by atoms with Crippen LogP contribution in [0.2, 0.25) is 0 Å². The first-order chi connectivity index (χ1) is 8.15. The molecule has 0 amide bonds. The second-order valence-corrected chi connectivity index (χ2v) is 4.93. The van der Waals surface area contributed by atoms with E-state index in [9.17, 15) is 0 Å². The standard InChI is InChI=1S/C13H18N2OS/c1-9-8-12(6-7-16-9)15-11-4-2-10(3-5-11)13(14)17/h2-5,9,12,15H,6-8H2,1H3,(H2,14,17). The zero-order valence-electron chi connectivity index (χ0n) is 9.98. The van der Waals surface area contributed by atoms with E-state index in [4.69, 9.17) is 22.7 Å². The molecule has 0 aromatic heterocycles. The average Bonchev–Trinajstić information content (AvgIpc) is 2.29. The van der Waals surface area contributed by atoms with Crippen molar-refractivity contribution in [2.45, 2.75) is 31.9 Å². The fraction of sp³-hybridized carbons (Fsp3) is 0.462. The van der Waals surface area contributed by atoms with Gasteiger partial charge in [-0.15, -0.1) is 0 Å². The molecule has 1 heterocycles. The van der Waals surface area contributed by atoms with Crippen molar-refractivity contribution >= 4 is 22.9 Å². The van der Waals surface area contributed by atoms with Crippen LogP contribution in [0.1, 0.15) is 25.3 Å². The number of nitrogens with two attached hydrogens (primary N) is 1. The lowest BCUT2D eigenvalue weighted by Gasteiger charge is -2.28. The fourth-order valence-electron chi connectivity index (χ4n) is 2.10. The van der Waals surface area contributed by atoms with Crippen LogP contribution < -0.4 is 11.1 Å². The molecule has 2 rings (SSSR count). The molecule has 4 heteroatoms. The number of anilines is 1. The molecule has 2 unspecified atom stereocenters. The maximum Gasteiger partial charge on any atom is 0.103 e. The molecule has 92 valence electrons. The summed E-state index contributed by atoms with van der Waals surface area (Å²) in [4.78, 5) is 0.441. The molecule has 1 aromatic carbocycles. The second-order valence-electron chi connectivity index (χ2n) is 4.49. The summed E-state index contributed by atoms with van der Waals surface area (Å²) >= 11 is 4.92. The number of hydrogen-bond acceptors (Lipinski definition) is 3.